The van der Waals surface area contributed by atoms with E-state index in [0.29, 0.717) is 12.1 Å². The van der Waals surface area contributed by atoms with Crippen LogP contribution in [0.4, 0.5) is 5.69 Å². The Morgan fingerprint density at radius 2 is 1.60 bits per heavy atom. The van der Waals surface area contributed by atoms with Crippen molar-refractivity contribution >= 4 is 23.6 Å². The lowest BCUT2D eigenvalue weighted by molar-refractivity contribution is -0.131. The molecule has 1 fully saturated rings. The molecule has 0 aliphatic heterocycles. The van der Waals surface area contributed by atoms with Crippen LogP contribution < -0.4 is 4.90 Å². The molecule has 35 heavy (non-hydrogen) atoms. The topological polar surface area (TPSA) is 81.4 Å². The molecular formula is C30H28N2O3. The van der Waals surface area contributed by atoms with E-state index >= 15 is 0 Å². The minimum atomic E-state index is -1.01. The van der Waals surface area contributed by atoms with Crippen molar-refractivity contribution in [3.8, 4) is 17.2 Å². The summed E-state index contributed by atoms with van der Waals surface area (Å²) in [4.78, 5) is 26.4. The highest BCUT2D eigenvalue weighted by Gasteiger charge is 2.27. The second kappa shape index (κ2) is 11.3. The lowest BCUT2D eigenvalue weighted by Crippen LogP contribution is -2.36. The first-order valence-electron chi connectivity index (χ1n) is 12.0. The fourth-order valence-electron chi connectivity index (χ4n) is 4.55. The molecule has 5 heteroatoms. The SMILES string of the molecule is N#Cc1ccc(-c2ccc(CN(C(=O)C3CCCCC3)c3cccc(C=CC(=O)O)c3)cc2)cc1. The third-order valence-corrected chi connectivity index (χ3v) is 6.46. The highest BCUT2D eigenvalue weighted by Crippen LogP contribution is 2.30. The molecule has 0 bridgehead atoms. The third-order valence-electron chi connectivity index (χ3n) is 6.46. The van der Waals surface area contributed by atoms with Crippen LogP contribution in [0.25, 0.3) is 17.2 Å². The number of nitrogens with zero attached hydrogens (tertiary/aromatic N) is 2. The van der Waals surface area contributed by atoms with Crippen LogP contribution in [-0.2, 0) is 16.1 Å². The molecule has 0 heterocycles. The van der Waals surface area contributed by atoms with E-state index in [2.05, 4.69) is 6.07 Å². The maximum atomic E-state index is 13.6. The normalized spacial score (nSPS) is 13.9. The Hall–Kier alpha value is -4.17. The summed E-state index contributed by atoms with van der Waals surface area (Å²) in [6.45, 7) is 0.440. The minimum absolute atomic E-state index is 0.0138. The van der Waals surface area contributed by atoms with Gasteiger partial charge in [0.1, 0.15) is 0 Å². The Kier molecular flexibility index (Phi) is 7.74. The van der Waals surface area contributed by atoms with Crippen molar-refractivity contribution in [2.45, 2.75) is 38.6 Å². The molecule has 5 nitrogen and oxygen atoms in total. The summed E-state index contributed by atoms with van der Waals surface area (Å²) in [5, 5.41) is 18.0. The number of amides is 1. The lowest BCUT2D eigenvalue weighted by atomic mass is 9.88. The van der Waals surface area contributed by atoms with Gasteiger partial charge in [-0.05, 0) is 65.4 Å². The summed E-state index contributed by atoms with van der Waals surface area (Å²) in [6, 6.07) is 25.2. The second-order valence-corrected chi connectivity index (χ2v) is 8.91. The molecule has 1 amide bonds. The first-order valence-corrected chi connectivity index (χ1v) is 12.0. The standard InChI is InChI=1S/C30H28N2O3/c31-20-23-9-14-25(15-10-23)26-16-11-24(12-17-26)21-32(30(35)27-6-2-1-3-7-27)28-8-4-5-22(19-28)13-18-29(33)34/h4-5,8-19,27H,1-3,6-7,21H2,(H,33,34). The van der Waals surface area contributed by atoms with Gasteiger partial charge in [-0.3, -0.25) is 4.79 Å². The fourth-order valence-corrected chi connectivity index (χ4v) is 4.55. The van der Waals surface area contributed by atoms with E-state index in [4.69, 9.17) is 10.4 Å². The van der Waals surface area contributed by atoms with Gasteiger partial charge in [0.05, 0.1) is 18.2 Å². The Balaban J connectivity index is 1.60. The Bertz CT molecular complexity index is 1250. The van der Waals surface area contributed by atoms with Crippen molar-refractivity contribution in [1.29, 1.82) is 5.26 Å². The highest BCUT2D eigenvalue weighted by atomic mass is 16.4. The summed E-state index contributed by atoms with van der Waals surface area (Å²) in [6.07, 6.45) is 7.79. The van der Waals surface area contributed by atoms with Crippen LogP contribution >= 0.6 is 0 Å². The molecule has 1 saturated carbocycles. The van der Waals surface area contributed by atoms with Crippen molar-refractivity contribution in [2.24, 2.45) is 5.92 Å². The van der Waals surface area contributed by atoms with Gasteiger partial charge in [-0.1, -0.05) is 67.8 Å². The molecule has 1 N–H and O–H groups in total. The lowest BCUT2D eigenvalue weighted by Gasteiger charge is -2.30. The van der Waals surface area contributed by atoms with Crippen LogP contribution in [0, 0.1) is 17.2 Å². The number of carboxylic acid groups (broad SMARTS) is 1. The monoisotopic (exact) mass is 464 g/mol. The predicted molar refractivity (Wildman–Crippen MR) is 137 cm³/mol. The van der Waals surface area contributed by atoms with Gasteiger partial charge in [-0.25, -0.2) is 4.79 Å². The average Bonchev–Trinajstić information content (AvgIpc) is 2.91. The minimum Gasteiger partial charge on any atom is -0.478 e. The molecule has 3 aromatic rings. The Labute approximate surface area is 205 Å². The maximum Gasteiger partial charge on any atom is 0.328 e. The number of nitriles is 1. The first-order chi connectivity index (χ1) is 17.0. The average molecular weight is 465 g/mol. The molecular weight excluding hydrogens is 436 g/mol. The van der Waals surface area contributed by atoms with Gasteiger partial charge in [0, 0.05) is 17.7 Å². The van der Waals surface area contributed by atoms with Gasteiger partial charge in [0.25, 0.3) is 0 Å². The zero-order valence-electron chi connectivity index (χ0n) is 19.6. The number of benzene rings is 3. The van der Waals surface area contributed by atoms with E-state index in [1.807, 2.05) is 65.6 Å². The van der Waals surface area contributed by atoms with Gasteiger partial charge in [-0.2, -0.15) is 5.26 Å². The van der Waals surface area contributed by atoms with E-state index in [9.17, 15) is 9.59 Å². The summed E-state index contributed by atoms with van der Waals surface area (Å²) >= 11 is 0. The van der Waals surface area contributed by atoms with Crippen molar-refractivity contribution in [1.82, 2.24) is 0 Å². The van der Waals surface area contributed by atoms with Crippen LogP contribution in [-0.4, -0.2) is 17.0 Å². The first kappa shape index (κ1) is 24.0. The van der Waals surface area contributed by atoms with Crippen LogP contribution in [0.5, 0.6) is 0 Å². The molecule has 0 aromatic heterocycles. The number of carbonyl (C=O) groups is 2. The molecule has 0 saturated heterocycles. The van der Waals surface area contributed by atoms with E-state index in [0.717, 1.165) is 59.7 Å². The molecule has 0 spiro atoms. The van der Waals surface area contributed by atoms with E-state index in [1.54, 1.807) is 18.2 Å². The number of hydrogen-bond donors (Lipinski definition) is 1. The summed E-state index contributed by atoms with van der Waals surface area (Å²) < 4.78 is 0. The van der Waals surface area contributed by atoms with Crippen LogP contribution in [0.15, 0.2) is 78.9 Å². The molecule has 176 valence electrons. The molecule has 3 aromatic carbocycles. The van der Waals surface area contributed by atoms with Crippen LogP contribution in [0.1, 0.15) is 48.8 Å². The van der Waals surface area contributed by atoms with Crippen molar-refractivity contribution in [3.05, 3.63) is 95.6 Å². The summed E-state index contributed by atoms with van der Waals surface area (Å²) in [7, 11) is 0. The molecule has 0 unspecified atom stereocenters. The number of hydrogen-bond acceptors (Lipinski definition) is 3. The third kappa shape index (κ3) is 6.24. The second-order valence-electron chi connectivity index (χ2n) is 8.91. The number of rotatable bonds is 7. The molecule has 4 rings (SSSR count). The van der Waals surface area contributed by atoms with Crippen LogP contribution in [0.3, 0.4) is 0 Å². The molecule has 0 atom stereocenters. The summed E-state index contributed by atoms with van der Waals surface area (Å²) in [5.74, 6) is -0.868. The van der Waals surface area contributed by atoms with Gasteiger partial charge in [-0.15, -0.1) is 0 Å². The van der Waals surface area contributed by atoms with Gasteiger partial charge in [0.15, 0.2) is 0 Å². The number of carboxylic acids is 1. The largest absolute Gasteiger partial charge is 0.478 e. The van der Waals surface area contributed by atoms with E-state index in [-0.39, 0.29) is 11.8 Å². The van der Waals surface area contributed by atoms with Gasteiger partial charge >= 0.3 is 5.97 Å². The van der Waals surface area contributed by atoms with Crippen LogP contribution in [0.2, 0.25) is 0 Å². The predicted octanol–water partition coefficient (Wildman–Crippen LogP) is 6.44. The molecule has 1 aliphatic rings. The zero-order valence-corrected chi connectivity index (χ0v) is 19.6. The van der Waals surface area contributed by atoms with E-state index in [1.165, 1.54) is 6.42 Å². The fraction of sp³-hybridized carbons (Fsp3) is 0.233. The van der Waals surface area contributed by atoms with Crippen molar-refractivity contribution < 1.29 is 14.7 Å². The van der Waals surface area contributed by atoms with E-state index < -0.39 is 5.97 Å². The Morgan fingerprint density at radius 3 is 2.23 bits per heavy atom. The van der Waals surface area contributed by atoms with Gasteiger partial charge in [0.2, 0.25) is 5.91 Å². The number of carbonyl (C=O) groups excluding carboxylic acids is 1. The highest BCUT2D eigenvalue weighted by molar-refractivity contribution is 5.95. The number of anilines is 1. The Morgan fingerprint density at radius 1 is 0.943 bits per heavy atom. The van der Waals surface area contributed by atoms with Crippen molar-refractivity contribution in [2.75, 3.05) is 4.90 Å². The van der Waals surface area contributed by atoms with Gasteiger partial charge < -0.3 is 10.0 Å². The van der Waals surface area contributed by atoms with Crippen molar-refractivity contribution in [3.63, 3.8) is 0 Å². The quantitative estimate of drug-likeness (QED) is 0.408. The maximum absolute atomic E-state index is 13.6. The smallest absolute Gasteiger partial charge is 0.328 e. The summed E-state index contributed by atoms with van der Waals surface area (Å²) in [5.41, 5.74) is 5.22. The zero-order chi connectivity index (χ0) is 24.6. The molecule has 0 radical (unpaired) electrons. The molecule has 1 aliphatic carbocycles. The number of aliphatic carboxylic acids is 1.